The second-order valence-corrected chi connectivity index (χ2v) is 5.81. The molecule has 1 aromatic heterocycles. The molecule has 0 fully saturated rings. The molecule has 3 N–H and O–H groups in total. The first-order valence-electron chi connectivity index (χ1n) is 4.75. The van der Waals surface area contributed by atoms with Gasteiger partial charge in [-0.05, 0) is 0 Å². The van der Waals surface area contributed by atoms with Gasteiger partial charge in [0.05, 0.1) is 0 Å². The highest BCUT2D eigenvalue weighted by Gasteiger charge is 2.25. The van der Waals surface area contributed by atoms with Gasteiger partial charge in [-0.15, -0.1) is 0 Å². The minimum absolute atomic E-state index is 0.152. The fourth-order valence-electron chi connectivity index (χ4n) is 1.20. The van der Waals surface area contributed by atoms with Crippen molar-refractivity contribution < 1.29 is 18.3 Å². The third-order valence-corrected chi connectivity index (χ3v) is 3.00. The Balaban J connectivity index is 3.69. The Morgan fingerprint density at radius 2 is 1.88 bits per heavy atom. The average Bonchev–Trinajstić information content (AvgIpc) is 2.14. The predicted molar refractivity (Wildman–Crippen MR) is 60.6 cm³/mol. The maximum absolute atomic E-state index is 11.5. The van der Waals surface area contributed by atoms with Crippen LogP contribution in [0.25, 0.3) is 0 Å². The number of hydrogen-bond acceptors (Lipinski definition) is 6. The minimum Gasteiger partial charge on any atom is -0.477 e. The molecule has 0 aliphatic rings. The maximum Gasteiger partial charge on any atom is 0.342 e. The molecule has 0 radical (unpaired) electrons. The number of nitrogens with zero attached hydrogens (tertiary/aromatic N) is 2. The van der Waals surface area contributed by atoms with E-state index in [1.807, 2.05) is 0 Å². The Morgan fingerprint density at radius 1 is 1.35 bits per heavy atom. The Labute approximate surface area is 98.6 Å². The topological polar surface area (TPSA) is 123 Å². The first-order valence-corrected chi connectivity index (χ1v) is 6.64. The van der Waals surface area contributed by atoms with E-state index in [-0.39, 0.29) is 17.6 Å². The van der Waals surface area contributed by atoms with Crippen LogP contribution in [-0.4, -0.2) is 35.7 Å². The van der Waals surface area contributed by atoms with E-state index in [9.17, 15) is 13.2 Å². The number of nitrogens with two attached hydrogens (primary N) is 1. The summed E-state index contributed by atoms with van der Waals surface area (Å²) in [6, 6.07) is 0. The quantitative estimate of drug-likeness (QED) is 0.747. The maximum atomic E-state index is 11.5. The van der Waals surface area contributed by atoms with Crippen molar-refractivity contribution in [1.29, 1.82) is 0 Å². The van der Waals surface area contributed by atoms with E-state index >= 15 is 0 Å². The molecule has 1 aromatic rings. The molecule has 0 saturated heterocycles. The summed E-state index contributed by atoms with van der Waals surface area (Å²) in [6.07, 6.45) is 0.880. The first kappa shape index (κ1) is 13.4. The van der Waals surface area contributed by atoms with Crippen molar-refractivity contribution in [3.63, 3.8) is 0 Å². The monoisotopic (exact) mass is 259 g/mol. The third kappa shape index (κ3) is 2.70. The zero-order chi connectivity index (χ0) is 13.4. The molecule has 0 bridgehead atoms. The smallest absolute Gasteiger partial charge is 0.342 e. The van der Waals surface area contributed by atoms with Gasteiger partial charge in [0.2, 0.25) is 0 Å². The number of carboxylic acid groups (broad SMARTS) is 1. The van der Waals surface area contributed by atoms with E-state index in [2.05, 4.69) is 9.97 Å². The van der Waals surface area contributed by atoms with E-state index in [0.717, 1.165) is 6.26 Å². The Hall–Kier alpha value is -1.70. The van der Waals surface area contributed by atoms with Gasteiger partial charge in [0, 0.05) is 12.2 Å². The van der Waals surface area contributed by atoms with Gasteiger partial charge in [-0.3, -0.25) is 0 Å². The standard InChI is InChI=1S/C9H13N3O4S/c1-4(2)7-11-6(10)5(9(13)14)8(12-7)17(3,15)16/h4H,1-3H3,(H,13,14)(H2,10,11,12). The molecular weight excluding hydrogens is 246 g/mol. The van der Waals surface area contributed by atoms with Gasteiger partial charge in [-0.1, -0.05) is 13.8 Å². The van der Waals surface area contributed by atoms with Gasteiger partial charge in [-0.2, -0.15) is 0 Å². The van der Waals surface area contributed by atoms with Crippen molar-refractivity contribution in [1.82, 2.24) is 9.97 Å². The van der Waals surface area contributed by atoms with E-state index < -0.39 is 26.4 Å². The molecule has 1 rings (SSSR count). The Bertz CT molecular complexity index is 566. The van der Waals surface area contributed by atoms with Crippen LogP contribution >= 0.6 is 0 Å². The summed E-state index contributed by atoms with van der Waals surface area (Å²) in [4.78, 5) is 18.5. The zero-order valence-electron chi connectivity index (χ0n) is 9.63. The lowest BCUT2D eigenvalue weighted by Crippen LogP contribution is -2.17. The van der Waals surface area contributed by atoms with E-state index in [1.54, 1.807) is 13.8 Å². The number of hydrogen-bond donors (Lipinski definition) is 2. The van der Waals surface area contributed by atoms with Crippen LogP contribution in [0.1, 0.15) is 35.9 Å². The number of carbonyl (C=O) groups is 1. The average molecular weight is 259 g/mol. The molecule has 17 heavy (non-hydrogen) atoms. The highest BCUT2D eigenvalue weighted by molar-refractivity contribution is 7.90. The lowest BCUT2D eigenvalue weighted by Gasteiger charge is -2.10. The molecular formula is C9H13N3O4S. The molecule has 1 heterocycles. The number of sulfone groups is 1. The molecule has 94 valence electrons. The summed E-state index contributed by atoms with van der Waals surface area (Å²) in [5, 5.41) is 8.37. The lowest BCUT2D eigenvalue weighted by molar-refractivity contribution is 0.0692. The summed E-state index contributed by atoms with van der Waals surface area (Å²) < 4.78 is 23.0. The van der Waals surface area contributed by atoms with Crippen molar-refractivity contribution in [3.8, 4) is 0 Å². The number of aromatic carboxylic acids is 1. The van der Waals surface area contributed by atoms with E-state index in [0.29, 0.717) is 0 Å². The van der Waals surface area contributed by atoms with Crippen LogP contribution in [0.5, 0.6) is 0 Å². The summed E-state index contributed by atoms with van der Waals surface area (Å²) in [5.74, 6) is -1.75. The molecule has 0 unspecified atom stereocenters. The van der Waals surface area contributed by atoms with Gasteiger partial charge < -0.3 is 10.8 Å². The molecule has 0 aromatic carbocycles. The number of nitrogen functional groups attached to an aromatic ring is 1. The van der Waals surface area contributed by atoms with Crippen LogP contribution in [0.2, 0.25) is 0 Å². The molecule has 0 spiro atoms. The van der Waals surface area contributed by atoms with Crippen molar-refractivity contribution in [3.05, 3.63) is 11.4 Å². The third-order valence-electron chi connectivity index (χ3n) is 2.00. The van der Waals surface area contributed by atoms with Crippen LogP contribution in [0.4, 0.5) is 5.82 Å². The lowest BCUT2D eigenvalue weighted by atomic mass is 10.2. The van der Waals surface area contributed by atoms with E-state index in [1.165, 1.54) is 0 Å². The normalized spacial score (nSPS) is 11.8. The molecule has 7 nitrogen and oxygen atoms in total. The van der Waals surface area contributed by atoms with Crippen LogP contribution in [-0.2, 0) is 9.84 Å². The fourth-order valence-corrected chi connectivity index (χ4v) is 2.02. The van der Waals surface area contributed by atoms with Crippen LogP contribution < -0.4 is 5.73 Å². The van der Waals surface area contributed by atoms with Crippen molar-refractivity contribution in [2.75, 3.05) is 12.0 Å². The Kier molecular flexibility index (Phi) is 3.37. The number of anilines is 1. The molecule has 0 aliphatic heterocycles. The summed E-state index contributed by atoms with van der Waals surface area (Å²) in [6.45, 7) is 3.50. The van der Waals surface area contributed by atoms with Crippen molar-refractivity contribution in [2.45, 2.75) is 24.8 Å². The van der Waals surface area contributed by atoms with Gasteiger partial charge in [0.1, 0.15) is 17.2 Å². The number of carboxylic acids is 1. The van der Waals surface area contributed by atoms with Gasteiger partial charge in [-0.25, -0.2) is 23.2 Å². The van der Waals surface area contributed by atoms with Gasteiger partial charge in [0.25, 0.3) is 0 Å². The SMILES string of the molecule is CC(C)c1nc(N)c(C(=O)O)c(S(C)(=O)=O)n1. The molecule has 0 aliphatic carbocycles. The highest BCUT2D eigenvalue weighted by Crippen LogP contribution is 2.21. The van der Waals surface area contributed by atoms with Crippen LogP contribution in [0.3, 0.4) is 0 Å². The molecule has 0 saturated carbocycles. The summed E-state index contributed by atoms with van der Waals surface area (Å²) in [5.41, 5.74) is 4.89. The predicted octanol–water partition coefficient (Wildman–Crippen LogP) is 0.284. The largest absolute Gasteiger partial charge is 0.477 e. The van der Waals surface area contributed by atoms with E-state index in [4.69, 9.17) is 10.8 Å². The van der Waals surface area contributed by atoms with Gasteiger partial charge in [0.15, 0.2) is 14.9 Å². The minimum atomic E-state index is -3.77. The first-order chi connectivity index (χ1) is 7.64. The number of rotatable bonds is 3. The molecule has 8 heteroatoms. The van der Waals surface area contributed by atoms with Crippen molar-refractivity contribution >= 4 is 21.6 Å². The van der Waals surface area contributed by atoms with Crippen LogP contribution in [0, 0.1) is 0 Å². The van der Waals surface area contributed by atoms with Gasteiger partial charge >= 0.3 is 5.97 Å². The fraction of sp³-hybridized carbons (Fsp3) is 0.444. The summed E-state index contributed by atoms with van der Waals surface area (Å²) >= 11 is 0. The Morgan fingerprint density at radius 3 is 2.24 bits per heavy atom. The summed E-state index contributed by atoms with van der Waals surface area (Å²) in [7, 11) is -3.77. The second-order valence-electron chi connectivity index (χ2n) is 3.88. The second kappa shape index (κ2) is 4.28. The molecule has 0 atom stereocenters. The van der Waals surface area contributed by atoms with Crippen LogP contribution in [0.15, 0.2) is 5.03 Å². The molecule has 0 amide bonds. The number of aromatic nitrogens is 2. The highest BCUT2D eigenvalue weighted by atomic mass is 32.2. The van der Waals surface area contributed by atoms with Crippen molar-refractivity contribution in [2.24, 2.45) is 0 Å². The zero-order valence-corrected chi connectivity index (χ0v) is 10.4.